The van der Waals surface area contributed by atoms with Crippen molar-refractivity contribution in [3.05, 3.63) is 17.0 Å². The third-order valence-corrected chi connectivity index (χ3v) is 1.87. The molecule has 0 aliphatic rings. The SMILES string of the molecule is Cc1nn(C)c(C(=O)O)c1C#CCCO. The summed E-state index contributed by atoms with van der Waals surface area (Å²) in [4.78, 5) is 10.9. The van der Waals surface area contributed by atoms with Crippen molar-refractivity contribution in [1.82, 2.24) is 9.78 Å². The Morgan fingerprint density at radius 2 is 2.27 bits per heavy atom. The van der Waals surface area contributed by atoms with Gasteiger partial charge >= 0.3 is 5.97 Å². The van der Waals surface area contributed by atoms with Gasteiger partial charge in [-0.15, -0.1) is 0 Å². The summed E-state index contributed by atoms with van der Waals surface area (Å²) in [6.45, 7) is 1.67. The Hall–Kier alpha value is -1.80. The number of aryl methyl sites for hydroxylation is 2. The number of rotatable bonds is 2. The molecule has 1 rings (SSSR count). The first-order valence-electron chi connectivity index (χ1n) is 4.44. The van der Waals surface area contributed by atoms with Crippen molar-refractivity contribution < 1.29 is 15.0 Å². The van der Waals surface area contributed by atoms with Crippen LogP contribution in [0.5, 0.6) is 0 Å². The molecule has 1 aromatic heterocycles. The van der Waals surface area contributed by atoms with Crippen molar-refractivity contribution in [2.75, 3.05) is 6.61 Å². The molecule has 0 fully saturated rings. The molecule has 0 unspecified atom stereocenters. The molecule has 5 heteroatoms. The number of hydrogen-bond donors (Lipinski definition) is 2. The number of hydrogen-bond acceptors (Lipinski definition) is 3. The van der Waals surface area contributed by atoms with Gasteiger partial charge in [-0.05, 0) is 6.92 Å². The molecule has 0 aliphatic carbocycles. The molecule has 0 aromatic carbocycles. The van der Waals surface area contributed by atoms with Gasteiger partial charge in [0, 0.05) is 13.5 Å². The number of nitrogens with zero attached hydrogens (tertiary/aromatic N) is 2. The van der Waals surface area contributed by atoms with Gasteiger partial charge in [-0.1, -0.05) is 11.8 Å². The van der Waals surface area contributed by atoms with Gasteiger partial charge in [0.25, 0.3) is 0 Å². The molecule has 0 radical (unpaired) electrons. The maximum absolute atomic E-state index is 10.9. The first kappa shape index (κ1) is 11.3. The van der Waals surface area contributed by atoms with Crippen LogP contribution in [0.2, 0.25) is 0 Å². The Morgan fingerprint density at radius 3 is 2.80 bits per heavy atom. The Labute approximate surface area is 87.3 Å². The summed E-state index contributed by atoms with van der Waals surface area (Å²) in [5.41, 5.74) is 1.08. The number of carbonyl (C=O) groups is 1. The number of aliphatic hydroxyl groups is 1. The van der Waals surface area contributed by atoms with Crippen LogP contribution >= 0.6 is 0 Å². The summed E-state index contributed by atoms with van der Waals surface area (Å²) in [6.07, 6.45) is 0.327. The van der Waals surface area contributed by atoms with E-state index >= 15 is 0 Å². The minimum atomic E-state index is -1.05. The number of aliphatic hydroxyl groups excluding tert-OH is 1. The summed E-state index contributed by atoms with van der Waals surface area (Å²) in [6, 6.07) is 0. The van der Waals surface area contributed by atoms with Gasteiger partial charge in [0.2, 0.25) is 0 Å². The van der Waals surface area contributed by atoms with E-state index in [1.165, 1.54) is 4.68 Å². The lowest BCUT2D eigenvalue weighted by atomic mass is 10.2. The van der Waals surface area contributed by atoms with E-state index in [9.17, 15) is 4.79 Å². The van der Waals surface area contributed by atoms with E-state index in [2.05, 4.69) is 16.9 Å². The van der Waals surface area contributed by atoms with Gasteiger partial charge in [0.05, 0.1) is 17.9 Å². The smallest absolute Gasteiger partial charge is 0.355 e. The second-order valence-electron chi connectivity index (χ2n) is 3.01. The second-order valence-corrected chi connectivity index (χ2v) is 3.01. The molecule has 80 valence electrons. The number of aromatic nitrogens is 2. The monoisotopic (exact) mass is 208 g/mol. The standard InChI is InChI=1S/C10H12N2O3/c1-7-8(5-3-4-6-13)9(10(14)15)12(2)11-7/h13H,4,6H2,1-2H3,(H,14,15). The highest BCUT2D eigenvalue weighted by Gasteiger charge is 2.17. The van der Waals surface area contributed by atoms with E-state index in [0.29, 0.717) is 17.7 Å². The van der Waals surface area contributed by atoms with Crippen LogP contribution in [0.15, 0.2) is 0 Å². The van der Waals surface area contributed by atoms with Crippen molar-refractivity contribution >= 4 is 5.97 Å². The van der Waals surface area contributed by atoms with Crippen LogP contribution in [0.1, 0.15) is 28.2 Å². The number of carboxylic acid groups (broad SMARTS) is 1. The maximum Gasteiger partial charge on any atom is 0.355 e. The van der Waals surface area contributed by atoms with Crippen molar-refractivity contribution in [1.29, 1.82) is 0 Å². The van der Waals surface area contributed by atoms with E-state index in [1.807, 2.05) is 0 Å². The minimum absolute atomic E-state index is 0.0330. The topological polar surface area (TPSA) is 75.4 Å². The highest BCUT2D eigenvalue weighted by Crippen LogP contribution is 2.11. The van der Waals surface area contributed by atoms with E-state index < -0.39 is 5.97 Å². The Balaban J connectivity index is 3.17. The molecule has 0 amide bonds. The first-order valence-corrected chi connectivity index (χ1v) is 4.44. The molecule has 0 atom stereocenters. The van der Waals surface area contributed by atoms with Crippen LogP contribution in [0, 0.1) is 18.8 Å². The van der Waals surface area contributed by atoms with Crippen molar-refractivity contribution in [3.63, 3.8) is 0 Å². The molecule has 1 aromatic rings. The van der Waals surface area contributed by atoms with Gasteiger partial charge in [0.1, 0.15) is 0 Å². The summed E-state index contributed by atoms with van der Waals surface area (Å²) >= 11 is 0. The van der Waals surface area contributed by atoms with E-state index in [4.69, 9.17) is 10.2 Å². The molecule has 0 spiro atoms. The quantitative estimate of drug-likeness (QED) is 0.679. The molecule has 0 saturated carbocycles. The molecule has 1 heterocycles. The van der Waals surface area contributed by atoms with Crippen LogP contribution in [-0.4, -0.2) is 32.6 Å². The zero-order valence-corrected chi connectivity index (χ0v) is 8.61. The zero-order valence-electron chi connectivity index (χ0n) is 8.61. The second kappa shape index (κ2) is 4.62. The predicted octanol–water partition coefficient (Wildman–Crippen LogP) is 0.161. The highest BCUT2D eigenvalue weighted by atomic mass is 16.4. The Kier molecular flexibility index (Phi) is 3.47. The molecular weight excluding hydrogens is 196 g/mol. The molecule has 15 heavy (non-hydrogen) atoms. The third-order valence-electron chi connectivity index (χ3n) is 1.87. The predicted molar refractivity (Wildman–Crippen MR) is 53.5 cm³/mol. The van der Waals surface area contributed by atoms with Crippen molar-refractivity contribution in [2.24, 2.45) is 7.05 Å². The zero-order chi connectivity index (χ0) is 11.4. The van der Waals surface area contributed by atoms with Crippen LogP contribution < -0.4 is 0 Å². The van der Waals surface area contributed by atoms with E-state index in [-0.39, 0.29) is 12.3 Å². The summed E-state index contributed by atoms with van der Waals surface area (Å²) in [7, 11) is 1.56. The molecule has 2 N–H and O–H groups in total. The third kappa shape index (κ3) is 2.36. The average Bonchev–Trinajstić information content (AvgIpc) is 2.42. The molecule has 5 nitrogen and oxygen atoms in total. The summed E-state index contributed by atoms with van der Waals surface area (Å²) in [5, 5.41) is 21.5. The van der Waals surface area contributed by atoms with Crippen LogP contribution in [0.25, 0.3) is 0 Å². The fourth-order valence-corrected chi connectivity index (χ4v) is 1.26. The van der Waals surface area contributed by atoms with Gasteiger partial charge in [0.15, 0.2) is 5.69 Å². The lowest BCUT2D eigenvalue weighted by Crippen LogP contribution is -2.07. The maximum atomic E-state index is 10.9. The number of carboxylic acids is 1. The minimum Gasteiger partial charge on any atom is -0.476 e. The van der Waals surface area contributed by atoms with E-state index in [0.717, 1.165) is 0 Å². The van der Waals surface area contributed by atoms with E-state index in [1.54, 1.807) is 14.0 Å². The van der Waals surface area contributed by atoms with Crippen molar-refractivity contribution in [3.8, 4) is 11.8 Å². The largest absolute Gasteiger partial charge is 0.476 e. The molecular formula is C10H12N2O3. The molecule has 0 saturated heterocycles. The average molecular weight is 208 g/mol. The lowest BCUT2D eigenvalue weighted by molar-refractivity contribution is 0.0684. The Morgan fingerprint density at radius 1 is 1.60 bits per heavy atom. The van der Waals surface area contributed by atoms with Gasteiger partial charge in [-0.3, -0.25) is 4.68 Å². The summed E-state index contributed by atoms with van der Waals surface area (Å²) in [5.74, 6) is 4.34. The first-order chi connectivity index (χ1) is 7.07. The highest BCUT2D eigenvalue weighted by molar-refractivity contribution is 5.89. The van der Waals surface area contributed by atoms with Gasteiger partial charge in [-0.2, -0.15) is 5.10 Å². The number of aromatic carboxylic acids is 1. The Bertz CT molecular complexity index is 438. The van der Waals surface area contributed by atoms with Gasteiger partial charge in [-0.25, -0.2) is 4.79 Å². The summed E-state index contributed by atoms with van der Waals surface area (Å²) < 4.78 is 1.29. The van der Waals surface area contributed by atoms with Crippen molar-refractivity contribution in [2.45, 2.75) is 13.3 Å². The van der Waals surface area contributed by atoms with Crippen LogP contribution in [-0.2, 0) is 7.05 Å². The molecule has 0 bridgehead atoms. The normalized spacial score (nSPS) is 9.53. The lowest BCUT2D eigenvalue weighted by Gasteiger charge is -1.94. The van der Waals surface area contributed by atoms with Crippen LogP contribution in [0.3, 0.4) is 0 Å². The fraction of sp³-hybridized carbons (Fsp3) is 0.400. The fourth-order valence-electron chi connectivity index (χ4n) is 1.26. The van der Waals surface area contributed by atoms with Gasteiger partial charge < -0.3 is 10.2 Å². The van der Waals surface area contributed by atoms with Crippen LogP contribution in [0.4, 0.5) is 0 Å². The molecule has 0 aliphatic heterocycles.